The minimum Gasteiger partial charge on any atom is -0.320 e. The summed E-state index contributed by atoms with van der Waals surface area (Å²) in [4.78, 5) is 0. The molecule has 0 saturated heterocycles. The fraction of sp³-hybridized carbons (Fsp3) is 0.0909. The van der Waals surface area contributed by atoms with Crippen molar-refractivity contribution in [2.75, 3.05) is 0 Å². The second kappa shape index (κ2) is 5.64. The van der Waals surface area contributed by atoms with Gasteiger partial charge in [0.15, 0.2) is 0 Å². The Labute approximate surface area is 108 Å². The molecular weight excluding hydrogens is 268 g/mol. The molecule has 0 radical (unpaired) electrons. The molecule has 0 saturated carbocycles. The van der Waals surface area contributed by atoms with E-state index in [1.807, 2.05) is 16.8 Å². The van der Waals surface area contributed by atoms with Crippen LogP contribution in [0.5, 0.6) is 0 Å². The highest BCUT2D eigenvalue weighted by Crippen LogP contribution is 2.28. The lowest BCUT2D eigenvalue weighted by Crippen LogP contribution is -2.11. The molecule has 1 heterocycles. The molecular formula is C11H10Cl2FNS. The molecule has 1 aromatic carbocycles. The standard InChI is InChI=1S/C11H9ClFNS.ClH/c12-10-2-1-8(13)5-9(10)11(14)7-3-4-15-6-7;/h1-6,11H,14H2;1H/t11-;/m0./s1. The second-order valence-corrected chi connectivity index (χ2v) is 4.39. The van der Waals surface area contributed by atoms with Gasteiger partial charge in [0, 0.05) is 5.02 Å². The van der Waals surface area contributed by atoms with Gasteiger partial charge < -0.3 is 5.73 Å². The lowest BCUT2D eigenvalue weighted by molar-refractivity contribution is 0.623. The van der Waals surface area contributed by atoms with Gasteiger partial charge in [0.1, 0.15) is 5.82 Å². The summed E-state index contributed by atoms with van der Waals surface area (Å²) in [6.45, 7) is 0. The number of hydrogen-bond donors (Lipinski definition) is 1. The van der Waals surface area contributed by atoms with Crippen molar-refractivity contribution < 1.29 is 4.39 Å². The number of benzene rings is 1. The minimum absolute atomic E-state index is 0. The first-order chi connectivity index (χ1) is 7.18. The number of halogens is 3. The summed E-state index contributed by atoms with van der Waals surface area (Å²) in [6.07, 6.45) is 0. The van der Waals surface area contributed by atoms with Crippen molar-refractivity contribution in [2.45, 2.75) is 6.04 Å². The SMILES string of the molecule is Cl.N[C@@H](c1ccsc1)c1cc(F)ccc1Cl. The third-order valence-electron chi connectivity index (χ3n) is 2.20. The Morgan fingerprint density at radius 2 is 2.06 bits per heavy atom. The van der Waals surface area contributed by atoms with Crippen LogP contribution in [-0.2, 0) is 0 Å². The monoisotopic (exact) mass is 277 g/mol. The highest BCUT2D eigenvalue weighted by Gasteiger charge is 2.13. The average molecular weight is 278 g/mol. The Morgan fingerprint density at radius 1 is 1.31 bits per heavy atom. The Bertz CT molecular complexity index is 459. The molecule has 0 aliphatic heterocycles. The molecule has 0 bridgehead atoms. The van der Waals surface area contributed by atoms with E-state index in [1.165, 1.54) is 18.2 Å². The van der Waals surface area contributed by atoms with Gasteiger partial charge in [-0.1, -0.05) is 11.6 Å². The first kappa shape index (κ1) is 13.5. The summed E-state index contributed by atoms with van der Waals surface area (Å²) in [5, 5.41) is 4.36. The summed E-state index contributed by atoms with van der Waals surface area (Å²) < 4.78 is 13.0. The van der Waals surface area contributed by atoms with Crippen LogP contribution < -0.4 is 5.73 Å². The smallest absolute Gasteiger partial charge is 0.123 e. The van der Waals surface area contributed by atoms with E-state index in [-0.39, 0.29) is 24.3 Å². The summed E-state index contributed by atoms with van der Waals surface area (Å²) in [5.74, 6) is -0.319. The molecule has 1 nitrogen and oxygen atoms in total. The van der Waals surface area contributed by atoms with Gasteiger partial charge >= 0.3 is 0 Å². The maximum atomic E-state index is 13.0. The fourth-order valence-corrected chi connectivity index (χ4v) is 2.32. The molecule has 0 aliphatic carbocycles. The molecule has 0 fully saturated rings. The van der Waals surface area contributed by atoms with Gasteiger partial charge in [-0.05, 0) is 46.2 Å². The van der Waals surface area contributed by atoms with Crippen molar-refractivity contribution in [2.24, 2.45) is 5.73 Å². The van der Waals surface area contributed by atoms with Crippen molar-refractivity contribution in [1.82, 2.24) is 0 Å². The molecule has 2 rings (SSSR count). The number of hydrogen-bond acceptors (Lipinski definition) is 2. The average Bonchev–Trinajstić information content (AvgIpc) is 2.74. The van der Waals surface area contributed by atoms with E-state index in [2.05, 4.69) is 0 Å². The molecule has 1 aromatic heterocycles. The molecule has 5 heteroatoms. The molecule has 2 aromatic rings. The van der Waals surface area contributed by atoms with E-state index in [1.54, 1.807) is 11.3 Å². The van der Waals surface area contributed by atoms with Crippen LogP contribution in [0.25, 0.3) is 0 Å². The van der Waals surface area contributed by atoms with Gasteiger partial charge in [-0.25, -0.2) is 4.39 Å². The van der Waals surface area contributed by atoms with Crippen LogP contribution >= 0.6 is 35.3 Å². The Hall–Kier alpha value is -0.610. The predicted molar refractivity (Wildman–Crippen MR) is 69.0 cm³/mol. The number of thiophene rings is 1. The maximum absolute atomic E-state index is 13.0. The zero-order chi connectivity index (χ0) is 10.8. The van der Waals surface area contributed by atoms with Crippen LogP contribution in [0.3, 0.4) is 0 Å². The van der Waals surface area contributed by atoms with Crippen molar-refractivity contribution in [3.05, 3.63) is 57.0 Å². The van der Waals surface area contributed by atoms with E-state index in [9.17, 15) is 4.39 Å². The van der Waals surface area contributed by atoms with Crippen LogP contribution in [0.4, 0.5) is 4.39 Å². The molecule has 0 unspecified atom stereocenters. The summed E-state index contributed by atoms with van der Waals surface area (Å²) in [7, 11) is 0. The van der Waals surface area contributed by atoms with Crippen molar-refractivity contribution in [3.8, 4) is 0 Å². The molecule has 1 atom stereocenters. The lowest BCUT2D eigenvalue weighted by atomic mass is 10.0. The molecule has 0 aliphatic rings. The van der Waals surface area contributed by atoms with Crippen molar-refractivity contribution in [1.29, 1.82) is 0 Å². The van der Waals surface area contributed by atoms with Crippen LogP contribution in [0.15, 0.2) is 35.0 Å². The number of rotatable bonds is 2. The Balaban J connectivity index is 0.00000128. The lowest BCUT2D eigenvalue weighted by Gasteiger charge is -2.12. The van der Waals surface area contributed by atoms with E-state index in [4.69, 9.17) is 17.3 Å². The summed E-state index contributed by atoms with van der Waals surface area (Å²) >= 11 is 7.52. The summed E-state index contributed by atoms with van der Waals surface area (Å²) in [5.41, 5.74) is 7.56. The van der Waals surface area contributed by atoms with Gasteiger partial charge in [-0.3, -0.25) is 0 Å². The maximum Gasteiger partial charge on any atom is 0.123 e. The third-order valence-corrected chi connectivity index (χ3v) is 3.24. The van der Waals surface area contributed by atoms with Gasteiger partial charge in [0.25, 0.3) is 0 Å². The molecule has 0 amide bonds. The highest BCUT2D eigenvalue weighted by molar-refractivity contribution is 7.08. The van der Waals surface area contributed by atoms with E-state index >= 15 is 0 Å². The third kappa shape index (κ3) is 2.74. The number of nitrogens with two attached hydrogens (primary N) is 1. The van der Waals surface area contributed by atoms with Gasteiger partial charge in [-0.2, -0.15) is 11.3 Å². The zero-order valence-corrected chi connectivity index (χ0v) is 10.6. The van der Waals surface area contributed by atoms with Crippen molar-refractivity contribution in [3.63, 3.8) is 0 Å². The summed E-state index contributed by atoms with van der Waals surface area (Å²) in [6, 6.07) is 5.78. The molecule has 16 heavy (non-hydrogen) atoms. The van der Waals surface area contributed by atoms with Gasteiger partial charge in [0.05, 0.1) is 6.04 Å². The first-order valence-electron chi connectivity index (χ1n) is 4.41. The van der Waals surface area contributed by atoms with Gasteiger partial charge in [0.2, 0.25) is 0 Å². The molecule has 0 spiro atoms. The van der Waals surface area contributed by atoms with E-state index < -0.39 is 0 Å². The molecule has 2 N–H and O–H groups in total. The van der Waals surface area contributed by atoms with Crippen LogP contribution in [-0.4, -0.2) is 0 Å². The second-order valence-electron chi connectivity index (χ2n) is 3.20. The quantitative estimate of drug-likeness (QED) is 0.882. The van der Waals surface area contributed by atoms with Crippen LogP contribution in [0.1, 0.15) is 17.2 Å². The van der Waals surface area contributed by atoms with E-state index in [0.29, 0.717) is 10.6 Å². The zero-order valence-electron chi connectivity index (χ0n) is 8.19. The first-order valence-corrected chi connectivity index (χ1v) is 5.73. The van der Waals surface area contributed by atoms with Crippen molar-refractivity contribution >= 4 is 35.3 Å². The predicted octanol–water partition coefficient (Wildman–Crippen LogP) is 4.01. The van der Waals surface area contributed by atoms with E-state index in [0.717, 1.165) is 5.56 Å². The van der Waals surface area contributed by atoms with Crippen LogP contribution in [0.2, 0.25) is 5.02 Å². The normalized spacial score (nSPS) is 11.9. The van der Waals surface area contributed by atoms with Crippen LogP contribution in [0, 0.1) is 5.82 Å². The minimum atomic E-state index is -0.362. The largest absolute Gasteiger partial charge is 0.320 e. The topological polar surface area (TPSA) is 26.0 Å². The molecule has 86 valence electrons. The Morgan fingerprint density at radius 3 is 2.69 bits per heavy atom. The Kier molecular flexibility index (Phi) is 4.74. The fourth-order valence-electron chi connectivity index (χ4n) is 1.38. The highest BCUT2D eigenvalue weighted by atomic mass is 35.5. The van der Waals surface area contributed by atoms with Gasteiger partial charge in [-0.15, -0.1) is 12.4 Å².